The molecule has 0 amide bonds. The molecule has 2 heterocycles. The summed E-state index contributed by atoms with van der Waals surface area (Å²) < 4.78 is 19.8. The van der Waals surface area contributed by atoms with E-state index in [0.717, 1.165) is 0 Å². The van der Waals surface area contributed by atoms with Crippen molar-refractivity contribution in [2.45, 2.75) is 26.9 Å². The van der Waals surface area contributed by atoms with Crippen molar-refractivity contribution in [3.8, 4) is 17.0 Å². The maximum absolute atomic E-state index is 14.1. The van der Waals surface area contributed by atoms with E-state index in [1.165, 1.54) is 13.3 Å². The molecule has 0 spiro atoms. The number of nitrogens with zero attached hydrogens (tertiary/aromatic N) is 4. The zero-order chi connectivity index (χ0) is 17.0. The van der Waals surface area contributed by atoms with E-state index in [0.29, 0.717) is 11.3 Å². The summed E-state index contributed by atoms with van der Waals surface area (Å²) in [5, 5.41) is 3.60. The Bertz CT molecular complexity index is 734. The summed E-state index contributed by atoms with van der Waals surface area (Å²) in [5.41, 5.74) is 6.93. The Morgan fingerprint density at radius 2 is 2.09 bits per heavy atom. The first-order valence-electron chi connectivity index (χ1n) is 6.97. The zero-order valence-corrected chi connectivity index (χ0v) is 13.4. The number of rotatable bonds is 5. The lowest BCUT2D eigenvalue weighted by molar-refractivity contribution is 0.212. The molecule has 0 aliphatic carbocycles. The predicted octanol–water partition coefficient (Wildman–Crippen LogP) is 2.04. The zero-order valence-electron chi connectivity index (χ0n) is 13.4. The highest BCUT2D eigenvalue weighted by Gasteiger charge is 2.20. The first-order valence-corrected chi connectivity index (χ1v) is 6.97. The van der Waals surface area contributed by atoms with Gasteiger partial charge in [-0.3, -0.25) is 0 Å². The van der Waals surface area contributed by atoms with E-state index in [1.54, 1.807) is 19.1 Å². The van der Waals surface area contributed by atoms with Crippen molar-refractivity contribution in [2.75, 3.05) is 7.11 Å². The highest BCUT2D eigenvalue weighted by atomic mass is 19.1. The van der Waals surface area contributed by atoms with E-state index < -0.39 is 5.95 Å². The second-order valence-corrected chi connectivity index (χ2v) is 4.98. The second kappa shape index (κ2) is 6.99. The fourth-order valence-corrected chi connectivity index (χ4v) is 1.99. The Labute approximate surface area is 133 Å². The van der Waals surface area contributed by atoms with Crippen LogP contribution >= 0.6 is 0 Å². The van der Waals surface area contributed by atoms with Gasteiger partial charge < -0.3 is 15.3 Å². The van der Waals surface area contributed by atoms with E-state index in [1.807, 2.05) is 13.8 Å². The van der Waals surface area contributed by atoms with Crippen LogP contribution in [-0.2, 0) is 4.84 Å². The monoisotopic (exact) mass is 319 g/mol. The van der Waals surface area contributed by atoms with Crippen LogP contribution < -0.4 is 10.5 Å². The Morgan fingerprint density at radius 3 is 2.70 bits per heavy atom. The predicted molar refractivity (Wildman–Crippen MR) is 83.5 cm³/mol. The number of pyridine rings is 1. The molecule has 2 N–H and O–H groups in total. The van der Waals surface area contributed by atoms with Gasteiger partial charge in [0.25, 0.3) is 0 Å². The Kier molecular flexibility index (Phi) is 5.05. The molecule has 0 aromatic carbocycles. The van der Waals surface area contributed by atoms with Gasteiger partial charge in [-0.15, -0.1) is 0 Å². The smallest absolute Gasteiger partial charge is 0.225 e. The third kappa shape index (κ3) is 3.71. The van der Waals surface area contributed by atoms with Gasteiger partial charge in [-0.25, -0.2) is 9.97 Å². The van der Waals surface area contributed by atoms with Crippen LogP contribution in [0.25, 0.3) is 11.1 Å². The van der Waals surface area contributed by atoms with E-state index in [2.05, 4.69) is 24.9 Å². The van der Waals surface area contributed by atoms with Gasteiger partial charge >= 0.3 is 0 Å². The summed E-state index contributed by atoms with van der Waals surface area (Å²) in [6, 6.07) is 3.22. The molecule has 0 unspecified atom stereocenters. The van der Waals surface area contributed by atoms with Gasteiger partial charge in [0, 0.05) is 11.8 Å². The molecule has 0 fully saturated rings. The van der Waals surface area contributed by atoms with Gasteiger partial charge in [0.2, 0.25) is 23.5 Å². The van der Waals surface area contributed by atoms with Crippen LogP contribution in [0.5, 0.6) is 5.88 Å². The largest absolute Gasteiger partial charge is 0.474 e. The molecule has 2 aromatic heterocycles. The molecule has 7 nitrogen and oxygen atoms in total. The highest BCUT2D eigenvalue weighted by Crippen LogP contribution is 2.32. The summed E-state index contributed by atoms with van der Waals surface area (Å²) >= 11 is 0. The lowest BCUT2D eigenvalue weighted by atomic mass is 10.1. The van der Waals surface area contributed by atoms with Crippen molar-refractivity contribution in [2.24, 2.45) is 10.9 Å². The molecule has 8 heteroatoms. The molecule has 122 valence electrons. The summed E-state index contributed by atoms with van der Waals surface area (Å²) in [5.74, 6) is -0.266. The molecular weight excluding hydrogens is 301 g/mol. The van der Waals surface area contributed by atoms with Crippen LogP contribution in [0.3, 0.4) is 0 Å². The Morgan fingerprint density at radius 1 is 1.35 bits per heavy atom. The standard InChI is InChI=1S/C15H18FN5O2/c1-8(2)23-15-11(10-6-5-7-18-12(10)16)9(3)19-14(20-15)13(17)21-22-4/h5-8H,1-4H3,(H2,17,21). The molecule has 2 rings (SSSR count). The highest BCUT2D eigenvalue weighted by molar-refractivity contribution is 5.94. The quantitative estimate of drug-likeness (QED) is 0.392. The topological polar surface area (TPSA) is 95.5 Å². The van der Waals surface area contributed by atoms with Gasteiger partial charge in [0.1, 0.15) is 7.11 Å². The van der Waals surface area contributed by atoms with Crippen molar-refractivity contribution < 1.29 is 14.0 Å². The number of ether oxygens (including phenoxy) is 1. The normalized spacial score (nSPS) is 11.7. The SMILES string of the molecule is CO/N=C(\N)c1nc(C)c(-c2cccnc2F)c(OC(C)C)n1. The molecule has 0 aliphatic heterocycles. The third-order valence-electron chi connectivity index (χ3n) is 2.85. The van der Waals surface area contributed by atoms with Crippen LogP contribution in [0.2, 0.25) is 0 Å². The average molecular weight is 319 g/mol. The number of hydrogen-bond acceptors (Lipinski definition) is 6. The maximum Gasteiger partial charge on any atom is 0.225 e. The fourth-order valence-electron chi connectivity index (χ4n) is 1.99. The molecule has 0 atom stereocenters. The number of amidine groups is 1. The van der Waals surface area contributed by atoms with Gasteiger partial charge in [-0.1, -0.05) is 5.16 Å². The van der Waals surface area contributed by atoms with E-state index in [4.69, 9.17) is 10.5 Å². The molecule has 0 bridgehead atoms. The van der Waals surface area contributed by atoms with E-state index in [-0.39, 0.29) is 29.2 Å². The van der Waals surface area contributed by atoms with Gasteiger partial charge in [-0.05, 0) is 32.9 Å². The first-order chi connectivity index (χ1) is 10.9. The number of aryl methyl sites for hydroxylation is 1. The number of nitrogens with two attached hydrogens (primary N) is 1. The molecular formula is C15H18FN5O2. The van der Waals surface area contributed by atoms with Crippen LogP contribution in [-0.4, -0.2) is 34.0 Å². The van der Waals surface area contributed by atoms with E-state index in [9.17, 15) is 4.39 Å². The minimum atomic E-state index is -0.626. The summed E-state index contributed by atoms with van der Waals surface area (Å²) in [6.45, 7) is 5.39. The lowest BCUT2D eigenvalue weighted by Crippen LogP contribution is -2.20. The molecule has 0 saturated carbocycles. The third-order valence-corrected chi connectivity index (χ3v) is 2.85. The maximum atomic E-state index is 14.1. The Balaban J connectivity index is 2.66. The average Bonchev–Trinajstić information content (AvgIpc) is 2.48. The fraction of sp³-hybridized carbons (Fsp3) is 0.333. The second-order valence-electron chi connectivity index (χ2n) is 4.98. The molecule has 2 aromatic rings. The molecule has 0 saturated heterocycles. The van der Waals surface area contributed by atoms with Crippen LogP contribution in [0.15, 0.2) is 23.5 Å². The minimum Gasteiger partial charge on any atom is -0.474 e. The molecule has 0 radical (unpaired) electrons. The van der Waals surface area contributed by atoms with Crippen LogP contribution in [0.4, 0.5) is 4.39 Å². The summed E-state index contributed by atoms with van der Waals surface area (Å²) in [4.78, 5) is 16.8. The van der Waals surface area contributed by atoms with Crippen molar-refractivity contribution in [3.05, 3.63) is 35.8 Å². The Hall–Kier alpha value is -2.77. The first kappa shape index (κ1) is 16.6. The number of halogens is 1. The van der Waals surface area contributed by atoms with Gasteiger partial charge in [0.15, 0.2) is 0 Å². The summed E-state index contributed by atoms with van der Waals surface area (Å²) in [6.07, 6.45) is 1.20. The number of oxime groups is 1. The van der Waals surface area contributed by atoms with Crippen LogP contribution in [0.1, 0.15) is 25.4 Å². The van der Waals surface area contributed by atoms with Gasteiger partial charge in [0.05, 0.1) is 17.4 Å². The molecule has 0 aliphatic rings. The number of aromatic nitrogens is 3. The van der Waals surface area contributed by atoms with E-state index >= 15 is 0 Å². The van der Waals surface area contributed by atoms with Crippen LogP contribution in [0, 0.1) is 12.9 Å². The molecule has 23 heavy (non-hydrogen) atoms. The van der Waals surface area contributed by atoms with Crippen molar-refractivity contribution >= 4 is 5.84 Å². The van der Waals surface area contributed by atoms with Crippen molar-refractivity contribution in [1.82, 2.24) is 15.0 Å². The minimum absolute atomic E-state index is 0.00224. The van der Waals surface area contributed by atoms with Gasteiger partial charge in [-0.2, -0.15) is 9.37 Å². The summed E-state index contributed by atoms with van der Waals surface area (Å²) in [7, 11) is 1.37. The number of hydrogen-bond donors (Lipinski definition) is 1. The lowest BCUT2D eigenvalue weighted by Gasteiger charge is -2.16. The van der Waals surface area contributed by atoms with Crippen molar-refractivity contribution in [1.29, 1.82) is 0 Å². The van der Waals surface area contributed by atoms with Crippen molar-refractivity contribution in [3.63, 3.8) is 0 Å².